The van der Waals surface area contributed by atoms with Gasteiger partial charge in [-0.25, -0.2) is 29.9 Å². The molecule has 1 aromatic carbocycles. The molecule has 248 valence electrons. The summed E-state index contributed by atoms with van der Waals surface area (Å²) < 4.78 is 14.5. The third-order valence-electron chi connectivity index (χ3n) is 8.07. The summed E-state index contributed by atoms with van der Waals surface area (Å²) in [6.07, 6.45) is -6.73. The summed E-state index contributed by atoms with van der Waals surface area (Å²) in [6, 6.07) is 9.74. The van der Waals surface area contributed by atoms with Crippen molar-refractivity contribution in [2.24, 2.45) is 0 Å². The Hall–Kier alpha value is -3.89. The molecule has 5 aromatic rings. The van der Waals surface area contributed by atoms with E-state index >= 15 is 0 Å². The van der Waals surface area contributed by atoms with Crippen molar-refractivity contribution in [1.82, 2.24) is 39.0 Å². The average molecular weight is 670 g/mol. The normalized spacial score (nSPS) is 27.7. The Morgan fingerprint density at radius 1 is 0.809 bits per heavy atom. The Balaban J connectivity index is 1.41. The van der Waals surface area contributed by atoms with E-state index in [4.69, 9.17) is 19.3 Å². The van der Waals surface area contributed by atoms with Crippen LogP contribution in [0, 0.1) is 0 Å². The fourth-order valence-corrected chi connectivity index (χ4v) is 6.63. The van der Waals surface area contributed by atoms with Crippen LogP contribution >= 0.6 is 11.8 Å². The standard InChI is InChI=1S/C28H31N9O9S/c1-44-37(27-33-14-7-29-11-30-22(14)35(27)25-20(42)18(40)15(8-38)45-25)28-34-17-23(36(28)26-21(43)19(41)16(9-39)46-26)31-12-32-24(17)47-10-13-5-3-2-4-6-13/h2-7,11-12,15-16,18-21,25-26,38-43H,8-10H2,1H3/t15-,16-,18-,19-,20-,21-,25-,26-/m1/s1. The number of hydrogen-bond donors (Lipinski definition) is 6. The van der Waals surface area contributed by atoms with Gasteiger partial charge in [-0.05, 0) is 5.56 Å². The van der Waals surface area contributed by atoms with Crippen LogP contribution in [0.1, 0.15) is 18.0 Å². The molecule has 0 amide bonds. The quantitative estimate of drug-likeness (QED) is 0.0605. The Kier molecular flexibility index (Phi) is 8.74. The van der Waals surface area contributed by atoms with Gasteiger partial charge in [-0.2, -0.15) is 5.06 Å². The van der Waals surface area contributed by atoms with Crippen LogP contribution in [0.25, 0.3) is 22.3 Å². The zero-order valence-corrected chi connectivity index (χ0v) is 25.5. The van der Waals surface area contributed by atoms with Crippen LogP contribution in [0.5, 0.6) is 0 Å². The van der Waals surface area contributed by atoms with Crippen molar-refractivity contribution in [2.45, 2.75) is 59.9 Å². The van der Waals surface area contributed by atoms with Gasteiger partial charge in [0.25, 0.3) is 0 Å². The summed E-state index contributed by atoms with van der Waals surface area (Å²) in [5, 5.41) is 64.7. The minimum atomic E-state index is -1.53. The van der Waals surface area contributed by atoms with Crippen molar-refractivity contribution in [3.05, 3.63) is 54.7 Å². The Morgan fingerprint density at radius 3 is 2.04 bits per heavy atom. The second-order valence-corrected chi connectivity index (χ2v) is 11.8. The second kappa shape index (κ2) is 13.0. The number of rotatable bonds is 10. The topological polar surface area (TPSA) is 240 Å². The van der Waals surface area contributed by atoms with Gasteiger partial charge in [-0.15, -0.1) is 0 Å². The summed E-state index contributed by atoms with van der Waals surface area (Å²) in [5.41, 5.74) is 2.01. The number of anilines is 2. The molecular weight excluding hydrogens is 638 g/mol. The van der Waals surface area contributed by atoms with Gasteiger partial charge >= 0.3 is 0 Å². The molecule has 0 aliphatic carbocycles. The second-order valence-electron chi connectivity index (χ2n) is 10.9. The number of aliphatic hydroxyl groups excluding tert-OH is 6. The lowest BCUT2D eigenvalue weighted by Crippen LogP contribution is -2.34. The maximum atomic E-state index is 11.1. The largest absolute Gasteiger partial charge is 0.394 e. The third-order valence-corrected chi connectivity index (χ3v) is 9.12. The van der Waals surface area contributed by atoms with Crippen molar-refractivity contribution in [1.29, 1.82) is 0 Å². The van der Waals surface area contributed by atoms with Gasteiger partial charge in [-0.1, -0.05) is 42.1 Å². The summed E-state index contributed by atoms with van der Waals surface area (Å²) >= 11 is 1.40. The summed E-state index contributed by atoms with van der Waals surface area (Å²) in [4.78, 5) is 32.6. The lowest BCUT2D eigenvalue weighted by atomic mass is 10.1. The maximum Gasteiger partial charge on any atom is 0.242 e. The minimum Gasteiger partial charge on any atom is -0.394 e. The van der Waals surface area contributed by atoms with Crippen LogP contribution in [0.3, 0.4) is 0 Å². The molecule has 4 aromatic heterocycles. The van der Waals surface area contributed by atoms with E-state index in [-0.39, 0.29) is 28.7 Å². The number of hydrogen-bond acceptors (Lipinski definition) is 17. The Bertz CT molecular complexity index is 1860. The first-order valence-corrected chi connectivity index (χ1v) is 15.5. The van der Waals surface area contributed by atoms with Crippen LogP contribution in [-0.2, 0) is 20.1 Å². The number of imidazole rings is 2. The predicted octanol–water partition coefficient (Wildman–Crippen LogP) is -0.819. The smallest absolute Gasteiger partial charge is 0.242 e. The zero-order chi connectivity index (χ0) is 32.8. The van der Waals surface area contributed by atoms with Crippen molar-refractivity contribution in [3.63, 3.8) is 0 Å². The van der Waals surface area contributed by atoms with E-state index in [9.17, 15) is 30.6 Å². The number of aromatic nitrogens is 8. The van der Waals surface area contributed by atoms with E-state index in [2.05, 4.69) is 24.9 Å². The number of benzene rings is 1. The summed E-state index contributed by atoms with van der Waals surface area (Å²) in [7, 11) is 1.32. The Morgan fingerprint density at radius 2 is 1.43 bits per heavy atom. The lowest BCUT2D eigenvalue weighted by Gasteiger charge is -2.27. The maximum absolute atomic E-state index is 11.1. The van der Waals surface area contributed by atoms with Crippen LogP contribution in [-0.4, -0.2) is 127 Å². The molecule has 2 aliphatic rings. The summed E-state index contributed by atoms with van der Waals surface area (Å²) in [5.74, 6) is 0.458. The molecule has 8 atom stereocenters. The van der Waals surface area contributed by atoms with E-state index in [1.807, 2.05) is 30.3 Å². The number of thioether (sulfide) groups is 1. The van der Waals surface area contributed by atoms with Crippen LogP contribution in [0.2, 0.25) is 0 Å². The molecular formula is C28H31N9O9S. The molecule has 6 heterocycles. The van der Waals surface area contributed by atoms with E-state index < -0.39 is 62.3 Å². The Labute approximate surface area is 269 Å². The van der Waals surface area contributed by atoms with Crippen molar-refractivity contribution < 1.29 is 45.0 Å². The zero-order valence-electron chi connectivity index (χ0n) is 24.7. The van der Waals surface area contributed by atoms with Crippen LogP contribution < -0.4 is 5.06 Å². The first-order chi connectivity index (χ1) is 22.9. The van der Waals surface area contributed by atoms with Gasteiger partial charge in [0.1, 0.15) is 65.3 Å². The SMILES string of the molecule is CON(c1nc2cncnc2n1[C@@H]1O[C@H](CO)[C@@H](O)[C@H]1O)c1nc2c(SCc3ccccc3)ncnc2n1[C@@H]1O[C@H](CO)[C@@H](O)[C@H]1O. The molecule has 0 saturated carbocycles. The van der Waals surface area contributed by atoms with Gasteiger partial charge in [0.05, 0.1) is 26.5 Å². The van der Waals surface area contributed by atoms with Crippen LogP contribution in [0.4, 0.5) is 11.9 Å². The molecule has 2 aliphatic heterocycles. The molecule has 18 nitrogen and oxygen atoms in total. The van der Waals surface area contributed by atoms with E-state index in [0.29, 0.717) is 16.3 Å². The molecule has 2 fully saturated rings. The monoisotopic (exact) mass is 669 g/mol. The molecule has 0 radical (unpaired) electrons. The molecule has 47 heavy (non-hydrogen) atoms. The van der Waals surface area contributed by atoms with E-state index in [0.717, 1.165) is 10.6 Å². The lowest BCUT2D eigenvalue weighted by molar-refractivity contribution is -0.0532. The fraction of sp³-hybridized carbons (Fsp3) is 0.429. The number of aliphatic hydroxyl groups is 6. The first kappa shape index (κ1) is 31.7. The summed E-state index contributed by atoms with van der Waals surface area (Å²) in [6.45, 7) is -1.14. The fourth-order valence-electron chi connectivity index (χ4n) is 5.74. The van der Waals surface area contributed by atoms with Crippen molar-refractivity contribution in [3.8, 4) is 0 Å². The highest BCUT2D eigenvalue weighted by Crippen LogP contribution is 2.42. The van der Waals surface area contributed by atoms with Gasteiger partial charge in [0, 0.05) is 5.75 Å². The van der Waals surface area contributed by atoms with Crippen LogP contribution in [0.15, 0.2) is 54.2 Å². The minimum absolute atomic E-state index is 0.0457. The number of ether oxygens (including phenoxy) is 2. The van der Waals surface area contributed by atoms with Crippen molar-refractivity contribution >= 4 is 46.0 Å². The van der Waals surface area contributed by atoms with Gasteiger partial charge in [-0.3, -0.25) is 14.0 Å². The molecule has 7 rings (SSSR count). The third kappa shape index (κ3) is 5.39. The molecule has 2 saturated heterocycles. The molecule has 0 spiro atoms. The van der Waals surface area contributed by atoms with Gasteiger partial charge in [0.2, 0.25) is 11.9 Å². The van der Waals surface area contributed by atoms with Crippen molar-refractivity contribution in [2.75, 3.05) is 25.4 Å². The highest BCUT2D eigenvalue weighted by atomic mass is 32.2. The number of fused-ring (bicyclic) bond motifs is 2. The first-order valence-electron chi connectivity index (χ1n) is 14.5. The number of nitrogens with zero attached hydrogens (tertiary/aromatic N) is 9. The molecule has 0 unspecified atom stereocenters. The van der Waals surface area contributed by atoms with Gasteiger partial charge < -0.3 is 40.1 Å². The highest BCUT2D eigenvalue weighted by molar-refractivity contribution is 7.98. The highest BCUT2D eigenvalue weighted by Gasteiger charge is 2.48. The molecule has 0 bridgehead atoms. The predicted molar refractivity (Wildman–Crippen MR) is 162 cm³/mol. The average Bonchev–Trinajstić information content (AvgIpc) is 3.82. The molecule has 6 N–H and O–H groups in total. The molecule has 19 heteroatoms. The van der Waals surface area contributed by atoms with Gasteiger partial charge in [0.15, 0.2) is 23.8 Å². The van der Waals surface area contributed by atoms with E-state index in [1.54, 1.807) is 0 Å². The van der Waals surface area contributed by atoms with E-state index in [1.165, 1.54) is 46.9 Å².